The van der Waals surface area contributed by atoms with Crippen molar-refractivity contribution in [3.8, 4) is 0 Å². The molecule has 1 N–H and O–H groups in total. The maximum Gasteiger partial charge on any atom is 0.282 e. The average Bonchev–Trinajstić information content (AvgIpc) is 2.69. The monoisotopic (exact) mass is 414 g/mol. The summed E-state index contributed by atoms with van der Waals surface area (Å²) in [7, 11) is -3.38. The van der Waals surface area contributed by atoms with Crippen molar-refractivity contribution in [2.75, 3.05) is 45.8 Å². The number of amides is 1. The van der Waals surface area contributed by atoms with Crippen molar-refractivity contribution >= 4 is 16.1 Å². The van der Waals surface area contributed by atoms with Crippen molar-refractivity contribution < 1.29 is 13.2 Å². The standard InChI is InChI=1S/C20H38N4O3S/c1-3-18(2)21-19(25)17-22-13-15-24(16-14-22)28(26,27)23-11-9-20(10-12-23)7-5-4-6-8-20/h18H,3-17H2,1-2H3,(H,21,25)/t18-/m1/s1. The minimum absolute atomic E-state index is 0.0273. The van der Waals surface area contributed by atoms with E-state index in [4.69, 9.17) is 0 Å². The van der Waals surface area contributed by atoms with Gasteiger partial charge in [0, 0.05) is 45.3 Å². The van der Waals surface area contributed by atoms with E-state index in [-0.39, 0.29) is 11.9 Å². The summed E-state index contributed by atoms with van der Waals surface area (Å²) in [6, 6.07) is 0.181. The molecule has 1 saturated carbocycles. The third-order valence-corrected chi connectivity index (χ3v) is 9.10. The fraction of sp³-hybridized carbons (Fsp3) is 0.950. The minimum Gasteiger partial charge on any atom is -0.353 e. The first kappa shape index (κ1) is 22.0. The Morgan fingerprint density at radius 2 is 1.50 bits per heavy atom. The molecule has 3 rings (SSSR count). The molecule has 1 atom stereocenters. The number of hydrogen-bond acceptors (Lipinski definition) is 4. The van der Waals surface area contributed by atoms with E-state index >= 15 is 0 Å². The second-order valence-corrected chi connectivity index (χ2v) is 10.9. The van der Waals surface area contributed by atoms with Crippen LogP contribution >= 0.6 is 0 Å². The molecule has 3 aliphatic rings. The summed E-state index contributed by atoms with van der Waals surface area (Å²) in [5, 5.41) is 2.98. The summed E-state index contributed by atoms with van der Waals surface area (Å²) in [4.78, 5) is 14.1. The van der Waals surface area contributed by atoms with Gasteiger partial charge in [-0.05, 0) is 44.4 Å². The molecule has 162 valence electrons. The van der Waals surface area contributed by atoms with Crippen LogP contribution in [0.3, 0.4) is 0 Å². The lowest BCUT2D eigenvalue weighted by molar-refractivity contribution is -0.123. The lowest BCUT2D eigenvalue weighted by atomic mass is 9.68. The number of nitrogens with one attached hydrogen (secondary N) is 1. The van der Waals surface area contributed by atoms with Crippen LogP contribution in [0.25, 0.3) is 0 Å². The Hall–Kier alpha value is -0.700. The van der Waals surface area contributed by atoms with Gasteiger partial charge in [0.1, 0.15) is 0 Å². The molecule has 0 unspecified atom stereocenters. The van der Waals surface area contributed by atoms with Crippen LogP contribution in [0.5, 0.6) is 0 Å². The van der Waals surface area contributed by atoms with E-state index in [9.17, 15) is 13.2 Å². The molecule has 2 saturated heterocycles. The van der Waals surface area contributed by atoms with E-state index in [0.717, 1.165) is 19.3 Å². The summed E-state index contributed by atoms with van der Waals surface area (Å²) in [6.07, 6.45) is 9.44. The van der Waals surface area contributed by atoms with Crippen LogP contribution in [0.4, 0.5) is 0 Å². The van der Waals surface area contributed by atoms with E-state index < -0.39 is 10.2 Å². The zero-order valence-electron chi connectivity index (χ0n) is 17.7. The maximum atomic E-state index is 13.1. The quantitative estimate of drug-likeness (QED) is 0.719. The van der Waals surface area contributed by atoms with Gasteiger partial charge in [-0.15, -0.1) is 0 Å². The van der Waals surface area contributed by atoms with Gasteiger partial charge < -0.3 is 5.32 Å². The van der Waals surface area contributed by atoms with E-state index in [1.165, 1.54) is 32.1 Å². The van der Waals surface area contributed by atoms with Crippen LogP contribution in [0.15, 0.2) is 0 Å². The summed E-state index contributed by atoms with van der Waals surface area (Å²) in [5.74, 6) is 0.0273. The van der Waals surface area contributed by atoms with Gasteiger partial charge in [-0.1, -0.05) is 26.2 Å². The topological polar surface area (TPSA) is 73.0 Å². The predicted molar refractivity (Wildman–Crippen MR) is 111 cm³/mol. The molecule has 0 aromatic rings. The Kier molecular flexibility index (Phi) is 7.39. The molecule has 3 fully saturated rings. The molecular weight excluding hydrogens is 376 g/mol. The summed E-state index contributed by atoms with van der Waals surface area (Å²) < 4.78 is 29.5. The third kappa shape index (κ3) is 5.26. The number of piperidine rings is 1. The highest BCUT2D eigenvalue weighted by Crippen LogP contribution is 2.45. The van der Waals surface area contributed by atoms with Crippen molar-refractivity contribution in [2.45, 2.75) is 71.3 Å². The van der Waals surface area contributed by atoms with E-state index in [1.54, 1.807) is 8.61 Å². The molecular formula is C20H38N4O3S. The number of hydrogen-bond donors (Lipinski definition) is 1. The summed E-state index contributed by atoms with van der Waals surface area (Å²) in [6.45, 7) is 7.91. The highest BCUT2D eigenvalue weighted by atomic mass is 32.2. The van der Waals surface area contributed by atoms with E-state index in [2.05, 4.69) is 10.2 Å². The van der Waals surface area contributed by atoms with Crippen molar-refractivity contribution in [3.05, 3.63) is 0 Å². The molecule has 1 aliphatic carbocycles. The number of rotatable bonds is 6. The Labute approximate surface area is 171 Å². The third-order valence-electron chi connectivity index (χ3n) is 7.07. The Morgan fingerprint density at radius 3 is 2.07 bits per heavy atom. The molecule has 0 bridgehead atoms. The van der Waals surface area contributed by atoms with Crippen molar-refractivity contribution in [1.82, 2.24) is 18.8 Å². The summed E-state index contributed by atoms with van der Waals surface area (Å²) in [5.41, 5.74) is 0.409. The molecule has 7 nitrogen and oxygen atoms in total. The first-order chi connectivity index (χ1) is 13.3. The maximum absolute atomic E-state index is 13.1. The molecule has 0 aromatic heterocycles. The van der Waals surface area contributed by atoms with Gasteiger partial charge in [-0.2, -0.15) is 17.0 Å². The Morgan fingerprint density at radius 1 is 0.929 bits per heavy atom. The molecule has 2 heterocycles. The van der Waals surface area contributed by atoms with Gasteiger partial charge in [0.05, 0.1) is 6.54 Å². The molecule has 0 aromatic carbocycles. The highest BCUT2D eigenvalue weighted by Gasteiger charge is 2.40. The van der Waals surface area contributed by atoms with Gasteiger partial charge in [-0.25, -0.2) is 0 Å². The molecule has 8 heteroatoms. The number of nitrogens with zero attached hydrogens (tertiary/aromatic N) is 3. The van der Waals surface area contributed by atoms with Gasteiger partial charge in [0.2, 0.25) is 5.91 Å². The normalized spacial score (nSPS) is 26.2. The zero-order valence-corrected chi connectivity index (χ0v) is 18.5. The van der Waals surface area contributed by atoms with Gasteiger partial charge in [0.15, 0.2) is 0 Å². The highest BCUT2D eigenvalue weighted by molar-refractivity contribution is 7.86. The van der Waals surface area contributed by atoms with Crippen LogP contribution in [0, 0.1) is 5.41 Å². The Bertz CT molecular complexity index is 615. The minimum atomic E-state index is -3.38. The summed E-state index contributed by atoms with van der Waals surface area (Å²) >= 11 is 0. The van der Waals surface area contributed by atoms with Crippen molar-refractivity contribution in [3.63, 3.8) is 0 Å². The SMILES string of the molecule is CC[C@@H](C)NC(=O)CN1CCN(S(=O)(=O)N2CCC3(CCCCC3)CC2)CC1. The lowest BCUT2D eigenvalue weighted by Gasteiger charge is -2.45. The second-order valence-electron chi connectivity index (χ2n) is 9.02. The largest absolute Gasteiger partial charge is 0.353 e. The average molecular weight is 415 g/mol. The van der Waals surface area contributed by atoms with Crippen molar-refractivity contribution in [2.24, 2.45) is 5.41 Å². The number of carbonyl (C=O) groups excluding carboxylic acids is 1. The van der Waals surface area contributed by atoms with E-state index in [1.807, 2.05) is 13.8 Å². The first-order valence-corrected chi connectivity index (χ1v) is 12.5. The molecule has 1 spiro atoms. The fourth-order valence-electron chi connectivity index (χ4n) is 4.90. The smallest absolute Gasteiger partial charge is 0.282 e. The number of carbonyl (C=O) groups is 1. The van der Waals surface area contributed by atoms with Gasteiger partial charge in [0.25, 0.3) is 10.2 Å². The lowest BCUT2D eigenvalue weighted by Crippen LogP contribution is -2.56. The van der Waals surface area contributed by atoms with Gasteiger partial charge >= 0.3 is 0 Å². The van der Waals surface area contributed by atoms with E-state index in [0.29, 0.717) is 51.2 Å². The van der Waals surface area contributed by atoms with Crippen LogP contribution in [0.1, 0.15) is 65.2 Å². The van der Waals surface area contributed by atoms with Gasteiger partial charge in [-0.3, -0.25) is 9.69 Å². The number of piperazine rings is 1. The molecule has 1 amide bonds. The predicted octanol–water partition coefficient (Wildman–Crippen LogP) is 1.81. The molecule has 28 heavy (non-hydrogen) atoms. The Balaban J connectivity index is 1.46. The van der Waals surface area contributed by atoms with Crippen LogP contribution in [0.2, 0.25) is 0 Å². The van der Waals surface area contributed by atoms with Crippen LogP contribution in [-0.2, 0) is 15.0 Å². The van der Waals surface area contributed by atoms with Crippen molar-refractivity contribution in [1.29, 1.82) is 0 Å². The molecule has 2 aliphatic heterocycles. The first-order valence-electron chi connectivity index (χ1n) is 11.1. The zero-order chi connectivity index (χ0) is 20.2. The second kappa shape index (κ2) is 9.41. The van der Waals surface area contributed by atoms with Crippen LogP contribution in [-0.4, -0.2) is 79.7 Å². The molecule has 0 radical (unpaired) electrons. The van der Waals surface area contributed by atoms with Crippen LogP contribution < -0.4 is 5.32 Å². The fourth-order valence-corrected chi connectivity index (χ4v) is 6.50.